The summed E-state index contributed by atoms with van der Waals surface area (Å²) < 4.78 is 0. The van der Waals surface area contributed by atoms with E-state index in [2.05, 4.69) is 0 Å². The van der Waals surface area contributed by atoms with Crippen LogP contribution in [-0.4, -0.2) is 6.29 Å². The van der Waals surface area contributed by atoms with Crippen molar-refractivity contribution in [2.75, 3.05) is 0 Å². The molecule has 0 unspecified atom stereocenters. The summed E-state index contributed by atoms with van der Waals surface area (Å²) in [4.78, 5) is 9.99. The third kappa shape index (κ3) is 5.37. The molecule has 0 saturated carbocycles. The fraction of sp³-hybridized carbons (Fsp3) is 0.286. The van der Waals surface area contributed by atoms with Gasteiger partial charge < -0.3 is 4.79 Å². The van der Waals surface area contributed by atoms with Crippen molar-refractivity contribution in [3.05, 3.63) is 23.3 Å². The molecule has 67 valence electrons. The first kappa shape index (κ1) is 18.0. The van der Waals surface area contributed by atoms with E-state index in [4.69, 9.17) is 0 Å². The molecular formula is C7H9CoI2O-. The van der Waals surface area contributed by atoms with Gasteiger partial charge in [0.2, 0.25) is 0 Å². The Morgan fingerprint density at radius 2 is 2.00 bits per heavy atom. The molecule has 0 bridgehead atoms. The molecule has 1 aliphatic rings. The largest absolute Gasteiger partial charge is 0.419 e. The van der Waals surface area contributed by atoms with Gasteiger partial charge in [0.25, 0.3) is 0 Å². The molecule has 0 aromatic rings. The Hall–Kier alpha value is 1.12. The smallest absolute Gasteiger partial charge is 0 e. The molecule has 0 spiro atoms. The van der Waals surface area contributed by atoms with E-state index in [-0.39, 0.29) is 64.7 Å². The SMILES string of the molecule is CC1=C([C-]=O)CC=C1.I.I.[Co]. The zero-order valence-corrected chi connectivity index (χ0v) is 11.6. The third-order valence-corrected chi connectivity index (χ3v) is 1.29. The van der Waals surface area contributed by atoms with Gasteiger partial charge in [0, 0.05) is 16.8 Å². The number of hydrogen-bond acceptors (Lipinski definition) is 1. The summed E-state index contributed by atoms with van der Waals surface area (Å²) in [5.74, 6) is 0. The van der Waals surface area contributed by atoms with Crippen molar-refractivity contribution in [3.63, 3.8) is 0 Å². The maximum absolute atomic E-state index is 9.99. The van der Waals surface area contributed by atoms with E-state index >= 15 is 0 Å². The van der Waals surface area contributed by atoms with Gasteiger partial charge in [0.05, 0.1) is 0 Å². The van der Waals surface area contributed by atoms with E-state index in [0.717, 1.165) is 17.6 Å². The second kappa shape index (κ2) is 9.21. The van der Waals surface area contributed by atoms with Crippen LogP contribution in [0.4, 0.5) is 0 Å². The van der Waals surface area contributed by atoms with Crippen LogP contribution in [0.15, 0.2) is 23.3 Å². The molecule has 11 heavy (non-hydrogen) atoms. The van der Waals surface area contributed by atoms with Crippen LogP contribution in [0.3, 0.4) is 0 Å². The first-order valence-electron chi connectivity index (χ1n) is 2.59. The molecule has 1 radical (unpaired) electrons. The average molecular weight is 422 g/mol. The van der Waals surface area contributed by atoms with Gasteiger partial charge in [-0.2, -0.15) is 11.1 Å². The second-order valence-corrected chi connectivity index (χ2v) is 1.87. The van der Waals surface area contributed by atoms with Gasteiger partial charge in [-0.3, -0.25) is 0 Å². The minimum absolute atomic E-state index is 0. The topological polar surface area (TPSA) is 17.1 Å². The molecule has 0 aromatic heterocycles. The van der Waals surface area contributed by atoms with Crippen LogP contribution >= 0.6 is 48.0 Å². The number of hydrogen-bond donors (Lipinski definition) is 0. The summed E-state index contributed by atoms with van der Waals surface area (Å²) in [6, 6.07) is 0. The molecule has 0 aromatic carbocycles. The summed E-state index contributed by atoms with van der Waals surface area (Å²) in [6.07, 6.45) is 6.57. The minimum Gasteiger partial charge on any atom is -0.419 e. The van der Waals surface area contributed by atoms with E-state index in [1.165, 1.54) is 0 Å². The molecule has 0 heterocycles. The first-order chi connectivity index (χ1) is 3.84. The van der Waals surface area contributed by atoms with Crippen LogP contribution in [-0.2, 0) is 21.6 Å². The summed E-state index contributed by atoms with van der Waals surface area (Å²) in [5, 5.41) is 0. The summed E-state index contributed by atoms with van der Waals surface area (Å²) in [7, 11) is 0. The zero-order valence-electron chi connectivity index (χ0n) is 5.92. The van der Waals surface area contributed by atoms with Gasteiger partial charge in [-0.15, -0.1) is 67.0 Å². The van der Waals surface area contributed by atoms with Gasteiger partial charge in [0.15, 0.2) is 0 Å². The molecular weight excluding hydrogens is 413 g/mol. The first-order valence-corrected chi connectivity index (χ1v) is 2.59. The van der Waals surface area contributed by atoms with Crippen LogP contribution in [0, 0.1) is 0 Å². The maximum atomic E-state index is 9.99. The van der Waals surface area contributed by atoms with Crippen LogP contribution in [0.1, 0.15) is 13.3 Å². The summed E-state index contributed by atoms with van der Waals surface area (Å²) in [5.41, 5.74) is 1.85. The molecule has 1 nitrogen and oxygen atoms in total. The number of halogens is 2. The predicted octanol–water partition coefficient (Wildman–Crippen LogP) is 2.61. The van der Waals surface area contributed by atoms with Crippen molar-refractivity contribution in [3.8, 4) is 0 Å². The monoisotopic (exact) mass is 422 g/mol. The van der Waals surface area contributed by atoms with Gasteiger partial charge in [-0.25, -0.2) is 0 Å². The number of allylic oxidation sites excluding steroid dienone is 4. The fourth-order valence-corrected chi connectivity index (χ4v) is 0.737. The van der Waals surface area contributed by atoms with Crippen molar-refractivity contribution in [2.24, 2.45) is 0 Å². The van der Waals surface area contributed by atoms with Gasteiger partial charge >= 0.3 is 0 Å². The average Bonchev–Trinajstić information content (AvgIpc) is 2.14. The normalized spacial score (nSPS) is 12.8. The number of carbonyl (C=O) groups excluding carboxylic acids is 1. The van der Waals surface area contributed by atoms with Crippen LogP contribution in [0.25, 0.3) is 0 Å². The van der Waals surface area contributed by atoms with Gasteiger partial charge in [0.1, 0.15) is 0 Å². The molecule has 0 amide bonds. The Labute approximate surface area is 111 Å². The molecule has 0 fully saturated rings. The second-order valence-electron chi connectivity index (χ2n) is 1.87. The van der Waals surface area contributed by atoms with E-state index < -0.39 is 0 Å². The van der Waals surface area contributed by atoms with Crippen molar-refractivity contribution in [1.29, 1.82) is 0 Å². The predicted molar refractivity (Wildman–Crippen MR) is 63.0 cm³/mol. The van der Waals surface area contributed by atoms with E-state index in [1.807, 2.05) is 25.4 Å². The van der Waals surface area contributed by atoms with Gasteiger partial charge in [-0.05, 0) is 12.7 Å². The van der Waals surface area contributed by atoms with E-state index in [1.54, 1.807) is 0 Å². The van der Waals surface area contributed by atoms with Crippen molar-refractivity contribution in [1.82, 2.24) is 0 Å². The van der Waals surface area contributed by atoms with Crippen LogP contribution in [0.2, 0.25) is 0 Å². The number of rotatable bonds is 1. The Balaban J connectivity index is -0.000000213. The Kier molecular flexibility index (Phi) is 15.1. The Bertz CT molecular complexity index is 175. The molecule has 0 atom stereocenters. The van der Waals surface area contributed by atoms with E-state index in [9.17, 15) is 4.79 Å². The zero-order chi connectivity index (χ0) is 5.98. The van der Waals surface area contributed by atoms with Gasteiger partial charge in [-0.1, -0.05) is 0 Å². The van der Waals surface area contributed by atoms with Crippen LogP contribution in [0.5, 0.6) is 0 Å². The molecule has 0 aliphatic heterocycles. The fourth-order valence-electron chi connectivity index (χ4n) is 0.737. The van der Waals surface area contributed by atoms with Crippen molar-refractivity contribution >= 4 is 54.2 Å². The molecule has 0 N–H and O–H groups in total. The van der Waals surface area contributed by atoms with E-state index in [0.29, 0.717) is 0 Å². The molecule has 0 saturated heterocycles. The summed E-state index contributed by atoms with van der Waals surface area (Å²) in [6.45, 7) is 1.92. The molecule has 4 heteroatoms. The minimum atomic E-state index is 0. The quantitative estimate of drug-likeness (QED) is 0.470. The molecule has 1 aliphatic carbocycles. The van der Waals surface area contributed by atoms with Crippen molar-refractivity contribution in [2.45, 2.75) is 13.3 Å². The standard InChI is InChI=1S/C7H7O.Co.2HI/c1-6-3-2-4-7(6)5-8;;;/h2-3H,4H2,1H3;;2*1H/q-1;;;. The van der Waals surface area contributed by atoms with Crippen LogP contribution < -0.4 is 0 Å². The third-order valence-electron chi connectivity index (χ3n) is 1.29. The van der Waals surface area contributed by atoms with Crippen molar-refractivity contribution < 1.29 is 21.6 Å². The Morgan fingerprint density at radius 3 is 2.18 bits per heavy atom. The Morgan fingerprint density at radius 1 is 1.45 bits per heavy atom. The maximum Gasteiger partial charge on any atom is 0 e. The molecule has 1 rings (SSSR count). The summed E-state index contributed by atoms with van der Waals surface area (Å²) >= 11 is 0.